The van der Waals surface area contributed by atoms with E-state index in [0.29, 0.717) is 45.6 Å². The number of unbranched alkanes of at least 4 members (excludes halogenated alkanes) is 2. The molecule has 148 valence electrons. The van der Waals surface area contributed by atoms with E-state index in [-0.39, 0.29) is 5.91 Å². The lowest BCUT2D eigenvalue weighted by molar-refractivity contribution is -0.138. The van der Waals surface area contributed by atoms with E-state index in [2.05, 4.69) is 5.32 Å². The molecule has 0 aromatic heterocycles. The van der Waals surface area contributed by atoms with E-state index >= 15 is 0 Å². The summed E-state index contributed by atoms with van der Waals surface area (Å²) in [6.07, 6.45) is 4.23. The number of nitrogens with one attached hydrogen (secondary N) is 1. The molecule has 0 saturated carbocycles. The molecule has 25 heavy (non-hydrogen) atoms. The summed E-state index contributed by atoms with van der Waals surface area (Å²) in [6.45, 7) is 2.08. The minimum atomic E-state index is -0.997. The zero-order chi connectivity index (χ0) is 19.1. The average Bonchev–Trinajstić information content (AvgIpc) is 2.61. The molecule has 0 aromatic rings. The molecule has 2 amide bonds. The van der Waals surface area contributed by atoms with E-state index in [9.17, 15) is 14.7 Å². The fraction of sp³-hybridized carbons (Fsp3) is 0.875. The maximum atomic E-state index is 12.6. The highest BCUT2D eigenvalue weighted by atomic mass is 16.3. The lowest BCUT2D eigenvalue weighted by atomic mass is 10.1. The molecule has 0 aromatic carbocycles. The van der Waals surface area contributed by atoms with Gasteiger partial charge in [-0.2, -0.15) is 0 Å². The van der Waals surface area contributed by atoms with Crippen molar-refractivity contribution >= 4 is 11.8 Å². The molecule has 0 heterocycles. The Labute approximate surface area is 150 Å². The quantitative estimate of drug-likeness (QED) is 0.180. The number of amides is 2. The number of aliphatic hydroxyl groups excluding tert-OH is 1. The highest BCUT2D eigenvalue weighted by molar-refractivity contribution is 5.89. The summed E-state index contributed by atoms with van der Waals surface area (Å²) < 4.78 is 0. The molecule has 0 bridgehead atoms. The molecule has 0 spiro atoms. The Kier molecular flexibility index (Phi) is 14.3. The van der Waals surface area contributed by atoms with Crippen molar-refractivity contribution in [2.75, 3.05) is 39.3 Å². The molecule has 0 fully saturated rings. The molecule has 9 heteroatoms. The molecule has 0 aliphatic carbocycles. The van der Waals surface area contributed by atoms with E-state index in [4.69, 9.17) is 22.9 Å². The van der Waals surface area contributed by atoms with Gasteiger partial charge >= 0.3 is 0 Å². The molecule has 0 saturated heterocycles. The number of nitrogens with zero attached hydrogens (tertiary/aromatic N) is 1. The summed E-state index contributed by atoms with van der Waals surface area (Å²) in [6, 6.07) is -1.72. The lowest BCUT2D eigenvalue weighted by Gasteiger charge is -2.27. The van der Waals surface area contributed by atoms with Crippen LogP contribution in [0.2, 0.25) is 0 Å². The van der Waals surface area contributed by atoms with Gasteiger partial charge < -0.3 is 38.3 Å². The third kappa shape index (κ3) is 10.4. The molecule has 0 aliphatic rings. The van der Waals surface area contributed by atoms with Gasteiger partial charge in [-0.25, -0.2) is 0 Å². The lowest BCUT2D eigenvalue weighted by Crippen LogP contribution is -2.54. The molecular formula is C16H36N6O3. The predicted molar refractivity (Wildman–Crippen MR) is 98.4 cm³/mol. The topological polar surface area (TPSA) is 174 Å². The normalized spacial score (nSPS) is 13.3. The first-order chi connectivity index (χ1) is 12.0. The Morgan fingerprint density at radius 1 is 0.920 bits per heavy atom. The zero-order valence-corrected chi connectivity index (χ0v) is 15.2. The summed E-state index contributed by atoms with van der Waals surface area (Å²) in [5, 5.41) is 12.1. The Bertz CT molecular complexity index is 370. The zero-order valence-electron chi connectivity index (χ0n) is 15.2. The number of hydrogen-bond acceptors (Lipinski definition) is 7. The van der Waals surface area contributed by atoms with Gasteiger partial charge in [-0.3, -0.25) is 9.59 Å². The number of hydrogen-bond donors (Lipinski definition) is 6. The van der Waals surface area contributed by atoms with Crippen LogP contribution in [0.3, 0.4) is 0 Å². The van der Waals surface area contributed by atoms with Crippen molar-refractivity contribution in [3.8, 4) is 0 Å². The monoisotopic (exact) mass is 360 g/mol. The van der Waals surface area contributed by atoms with Crippen molar-refractivity contribution in [1.82, 2.24) is 10.2 Å². The minimum Gasteiger partial charge on any atom is -0.394 e. The van der Waals surface area contributed by atoms with Crippen molar-refractivity contribution < 1.29 is 14.7 Å². The van der Waals surface area contributed by atoms with Crippen LogP contribution < -0.4 is 28.3 Å². The second-order valence-electron chi connectivity index (χ2n) is 6.10. The van der Waals surface area contributed by atoms with E-state index in [1.807, 2.05) is 0 Å². The molecular weight excluding hydrogens is 324 g/mol. The minimum absolute atomic E-state index is 0.324. The first-order valence-electron chi connectivity index (χ1n) is 9.07. The Morgan fingerprint density at radius 3 is 2.04 bits per heavy atom. The average molecular weight is 361 g/mol. The maximum absolute atomic E-state index is 12.6. The third-order valence-corrected chi connectivity index (χ3v) is 3.93. The first-order valence-corrected chi connectivity index (χ1v) is 9.07. The number of carbonyl (C=O) groups is 2. The SMILES string of the molecule is NCCCC[C@H](N)C(=O)N[C@@H](CO)C(=O)N(CCCN)CCCCN. The van der Waals surface area contributed by atoms with Crippen molar-refractivity contribution in [3.63, 3.8) is 0 Å². The van der Waals surface area contributed by atoms with Crippen LogP contribution >= 0.6 is 0 Å². The van der Waals surface area contributed by atoms with Gasteiger partial charge in [0.15, 0.2) is 0 Å². The van der Waals surface area contributed by atoms with Gasteiger partial charge in [0.2, 0.25) is 11.8 Å². The van der Waals surface area contributed by atoms with Gasteiger partial charge in [-0.05, 0) is 51.7 Å². The highest BCUT2D eigenvalue weighted by Crippen LogP contribution is 2.03. The number of carbonyl (C=O) groups excluding carboxylic acids is 2. The Hall–Kier alpha value is -1.26. The van der Waals surface area contributed by atoms with Crippen molar-refractivity contribution in [2.45, 2.75) is 50.6 Å². The molecule has 0 unspecified atom stereocenters. The standard InChI is InChI=1S/C16H36N6O3/c17-7-2-1-6-13(20)15(24)21-14(12-23)16(25)22(11-5-9-19)10-4-3-8-18/h13-14,23H,1-12,17-20H2,(H,21,24)/t13-,14-/m0/s1. The van der Waals surface area contributed by atoms with E-state index in [1.54, 1.807) is 4.90 Å². The van der Waals surface area contributed by atoms with Crippen LogP contribution in [0.25, 0.3) is 0 Å². The van der Waals surface area contributed by atoms with Crippen LogP contribution in [0.1, 0.15) is 38.5 Å². The van der Waals surface area contributed by atoms with Gasteiger partial charge in [0.1, 0.15) is 6.04 Å². The maximum Gasteiger partial charge on any atom is 0.247 e. The summed E-state index contributed by atoms with van der Waals surface area (Å²) in [4.78, 5) is 26.4. The van der Waals surface area contributed by atoms with Crippen LogP contribution in [0.4, 0.5) is 0 Å². The highest BCUT2D eigenvalue weighted by Gasteiger charge is 2.26. The Balaban J connectivity index is 4.66. The predicted octanol–water partition coefficient (Wildman–Crippen LogP) is -2.16. The third-order valence-electron chi connectivity index (χ3n) is 3.93. The first kappa shape index (κ1) is 23.7. The van der Waals surface area contributed by atoms with Crippen LogP contribution in [0.15, 0.2) is 0 Å². The van der Waals surface area contributed by atoms with Gasteiger partial charge in [0.25, 0.3) is 0 Å². The fourth-order valence-corrected chi connectivity index (χ4v) is 2.39. The molecule has 0 aliphatic heterocycles. The van der Waals surface area contributed by atoms with E-state index in [0.717, 1.165) is 25.7 Å². The molecule has 0 rings (SSSR count). The summed E-state index contributed by atoms with van der Waals surface area (Å²) in [5.74, 6) is -0.763. The molecule has 0 radical (unpaired) electrons. The van der Waals surface area contributed by atoms with Gasteiger partial charge in [-0.15, -0.1) is 0 Å². The fourth-order valence-electron chi connectivity index (χ4n) is 2.39. The number of rotatable bonds is 15. The van der Waals surface area contributed by atoms with Crippen LogP contribution in [0.5, 0.6) is 0 Å². The van der Waals surface area contributed by atoms with E-state index < -0.39 is 24.6 Å². The number of nitrogens with two attached hydrogens (primary N) is 4. The Morgan fingerprint density at radius 2 is 1.48 bits per heavy atom. The summed E-state index contributed by atoms with van der Waals surface area (Å²) in [5.41, 5.74) is 22.2. The van der Waals surface area contributed by atoms with Crippen LogP contribution in [-0.2, 0) is 9.59 Å². The van der Waals surface area contributed by atoms with E-state index in [1.165, 1.54) is 0 Å². The smallest absolute Gasteiger partial charge is 0.247 e. The number of aliphatic hydroxyl groups is 1. The van der Waals surface area contributed by atoms with Gasteiger partial charge in [0, 0.05) is 13.1 Å². The summed E-state index contributed by atoms with van der Waals surface area (Å²) in [7, 11) is 0. The van der Waals surface area contributed by atoms with Gasteiger partial charge in [-0.1, -0.05) is 6.42 Å². The van der Waals surface area contributed by atoms with Crippen LogP contribution in [-0.4, -0.2) is 73.2 Å². The second kappa shape index (κ2) is 15.0. The van der Waals surface area contributed by atoms with Crippen LogP contribution in [0, 0.1) is 0 Å². The molecule has 10 N–H and O–H groups in total. The van der Waals surface area contributed by atoms with Crippen molar-refractivity contribution in [3.05, 3.63) is 0 Å². The molecule has 9 nitrogen and oxygen atoms in total. The second-order valence-corrected chi connectivity index (χ2v) is 6.10. The largest absolute Gasteiger partial charge is 0.394 e. The summed E-state index contributed by atoms with van der Waals surface area (Å²) >= 11 is 0. The van der Waals surface area contributed by atoms with Crippen molar-refractivity contribution in [1.29, 1.82) is 0 Å². The van der Waals surface area contributed by atoms with Crippen molar-refractivity contribution in [2.24, 2.45) is 22.9 Å². The molecule has 2 atom stereocenters. The van der Waals surface area contributed by atoms with Gasteiger partial charge in [0.05, 0.1) is 12.6 Å².